The van der Waals surface area contributed by atoms with Gasteiger partial charge >= 0.3 is 0 Å². The lowest BCUT2D eigenvalue weighted by Crippen LogP contribution is -2.86. The van der Waals surface area contributed by atoms with Gasteiger partial charge in [0, 0.05) is 12.7 Å². The van der Waals surface area contributed by atoms with Crippen LogP contribution in [0.5, 0.6) is 11.5 Å². The van der Waals surface area contributed by atoms with Crippen molar-refractivity contribution in [2.24, 2.45) is 0 Å². The fraction of sp³-hybridized carbons (Fsp3) is 0.625. The second-order valence-corrected chi connectivity index (χ2v) is 5.18. The molecule has 0 radical (unpaired) electrons. The molecule has 1 aromatic rings. The Kier molecular flexibility index (Phi) is 6.68. The van der Waals surface area contributed by atoms with Gasteiger partial charge in [0.05, 0.1) is 20.3 Å². The average molecular weight is 280 g/mol. The van der Waals surface area contributed by atoms with Crippen molar-refractivity contribution in [2.75, 3.05) is 33.4 Å². The van der Waals surface area contributed by atoms with Gasteiger partial charge in [-0.05, 0) is 37.8 Å². The van der Waals surface area contributed by atoms with Crippen molar-refractivity contribution in [3.8, 4) is 11.5 Å². The first-order valence-electron chi connectivity index (χ1n) is 7.58. The topological polar surface area (TPSA) is 44.3 Å². The molecule has 4 heteroatoms. The fourth-order valence-electron chi connectivity index (χ4n) is 2.41. The van der Waals surface area contributed by atoms with Gasteiger partial charge in [0.1, 0.15) is 24.1 Å². The third-order valence-corrected chi connectivity index (χ3v) is 3.57. The van der Waals surface area contributed by atoms with Gasteiger partial charge in [0.2, 0.25) is 0 Å². The lowest BCUT2D eigenvalue weighted by molar-refractivity contribution is -0.661. The predicted octanol–water partition coefficient (Wildman–Crippen LogP) is 1.60. The third-order valence-electron chi connectivity index (χ3n) is 3.57. The molecule has 4 nitrogen and oxygen atoms in total. The van der Waals surface area contributed by atoms with Crippen molar-refractivity contribution in [1.82, 2.24) is 0 Å². The van der Waals surface area contributed by atoms with Crippen molar-refractivity contribution in [3.05, 3.63) is 24.3 Å². The SMILES string of the molecule is COc1cccc(OCCCC[NH2+]C[C@@H]2CCCO2)c1. The van der Waals surface area contributed by atoms with E-state index in [9.17, 15) is 0 Å². The Morgan fingerprint density at radius 2 is 2.20 bits per heavy atom. The molecular formula is C16H26NO3+. The van der Waals surface area contributed by atoms with Crippen molar-refractivity contribution in [1.29, 1.82) is 0 Å². The molecule has 112 valence electrons. The van der Waals surface area contributed by atoms with Gasteiger partial charge in [-0.3, -0.25) is 0 Å². The van der Waals surface area contributed by atoms with Crippen LogP contribution in [0.1, 0.15) is 25.7 Å². The average Bonchev–Trinajstić information content (AvgIpc) is 3.00. The molecule has 1 heterocycles. The molecule has 1 aliphatic heterocycles. The normalized spacial score (nSPS) is 18.1. The Bertz CT molecular complexity index is 378. The van der Waals surface area contributed by atoms with E-state index >= 15 is 0 Å². The van der Waals surface area contributed by atoms with E-state index in [2.05, 4.69) is 5.32 Å². The van der Waals surface area contributed by atoms with Crippen LogP contribution in [0.25, 0.3) is 0 Å². The molecule has 0 unspecified atom stereocenters. The van der Waals surface area contributed by atoms with Crippen molar-refractivity contribution >= 4 is 0 Å². The zero-order valence-electron chi connectivity index (χ0n) is 12.3. The number of hydrogen-bond acceptors (Lipinski definition) is 3. The minimum Gasteiger partial charge on any atom is -0.497 e. The predicted molar refractivity (Wildman–Crippen MR) is 78.4 cm³/mol. The first-order valence-corrected chi connectivity index (χ1v) is 7.58. The molecule has 0 aromatic heterocycles. The standard InChI is InChI=1S/C16H25NO3/c1-18-14-6-4-7-15(12-14)19-10-3-2-9-17-13-16-8-5-11-20-16/h4,6-7,12,16-17H,2-3,5,8-11,13H2,1H3/p+1/t16-/m0/s1. The van der Waals surface area contributed by atoms with Crippen molar-refractivity contribution < 1.29 is 19.5 Å². The largest absolute Gasteiger partial charge is 0.497 e. The highest BCUT2D eigenvalue weighted by Gasteiger charge is 2.16. The van der Waals surface area contributed by atoms with E-state index in [1.54, 1.807) is 7.11 Å². The van der Waals surface area contributed by atoms with Gasteiger partial charge in [0.25, 0.3) is 0 Å². The quantitative estimate of drug-likeness (QED) is 0.699. The zero-order chi connectivity index (χ0) is 14.0. The van der Waals surface area contributed by atoms with Gasteiger partial charge in [-0.25, -0.2) is 0 Å². The van der Waals surface area contributed by atoms with Crippen LogP contribution in [0, 0.1) is 0 Å². The summed E-state index contributed by atoms with van der Waals surface area (Å²) in [7, 11) is 1.67. The Labute approximate surface area is 121 Å². The molecule has 20 heavy (non-hydrogen) atoms. The second-order valence-electron chi connectivity index (χ2n) is 5.18. The van der Waals surface area contributed by atoms with Crippen molar-refractivity contribution in [2.45, 2.75) is 31.8 Å². The third kappa shape index (κ3) is 5.39. The molecule has 0 bridgehead atoms. The van der Waals surface area contributed by atoms with E-state index in [1.165, 1.54) is 19.3 Å². The van der Waals surface area contributed by atoms with Gasteiger partial charge in [0.15, 0.2) is 0 Å². The first kappa shape index (κ1) is 15.1. The van der Waals surface area contributed by atoms with E-state index in [4.69, 9.17) is 14.2 Å². The summed E-state index contributed by atoms with van der Waals surface area (Å²) in [6.07, 6.45) is 5.21. The maximum absolute atomic E-state index is 5.71. The molecule has 1 fully saturated rings. The number of rotatable bonds is 9. The summed E-state index contributed by atoms with van der Waals surface area (Å²) in [6.45, 7) is 3.98. The number of ether oxygens (including phenoxy) is 3. The van der Waals surface area contributed by atoms with E-state index < -0.39 is 0 Å². The van der Waals surface area contributed by atoms with Crippen LogP contribution >= 0.6 is 0 Å². The van der Waals surface area contributed by atoms with Crippen molar-refractivity contribution in [3.63, 3.8) is 0 Å². The molecule has 1 atom stereocenters. The Morgan fingerprint density at radius 1 is 1.30 bits per heavy atom. The first-order chi connectivity index (χ1) is 9.88. The number of methoxy groups -OCH3 is 1. The lowest BCUT2D eigenvalue weighted by Gasteiger charge is -2.09. The van der Waals surface area contributed by atoms with Crippen LogP contribution in [0.4, 0.5) is 0 Å². The minimum absolute atomic E-state index is 0.489. The number of benzene rings is 1. The number of unbranched alkanes of at least 4 members (excludes halogenated alkanes) is 1. The van der Waals surface area contributed by atoms with Crippen LogP contribution in [0.3, 0.4) is 0 Å². The Balaban J connectivity index is 1.48. The van der Waals surface area contributed by atoms with Crippen LogP contribution in [-0.2, 0) is 4.74 Å². The van der Waals surface area contributed by atoms with Crippen LogP contribution in [-0.4, -0.2) is 39.5 Å². The molecule has 2 rings (SSSR count). The highest BCUT2D eigenvalue weighted by molar-refractivity contribution is 5.32. The van der Waals surface area contributed by atoms with Gasteiger partial charge in [-0.2, -0.15) is 0 Å². The summed E-state index contributed by atoms with van der Waals surface area (Å²) in [5, 5.41) is 2.36. The maximum Gasteiger partial charge on any atom is 0.122 e. The minimum atomic E-state index is 0.489. The van der Waals surface area contributed by atoms with E-state index in [0.717, 1.165) is 44.2 Å². The second kappa shape index (κ2) is 8.82. The Morgan fingerprint density at radius 3 is 3.00 bits per heavy atom. The van der Waals surface area contributed by atoms with Gasteiger partial charge in [-0.1, -0.05) is 6.07 Å². The molecule has 0 spiro atoms. The molecule has 1 aliphatic rings. The van der Waals surface area contributed by atoms with E-state index in [-0.39, 0.29) is 0 Å². The molecule has 1 aromatic carbocycles. The van der Waals surface area contributed by atoms with Gasteiger partial charge in [-0.15, -0.1) is 0 Å². The summed E-state index contributed by atoms with van der Waals surface area (Å²) >= 11 is 0. The molecule has 2 N–H and O–H groups in total. The highest BCUT2D eigenvalue weighted by Crippen LogP contribution is 2.18. The Hall–Kier alpha value is -1.26. The summed E-state index contributed by atoms with van der Waals surface area (Å²) < 4.78 is 16.5. The van der Waals surface area contributed by atoms with E-state index in [0.29, 0.717) is 6.10 Å². The molecule has 0 saturated carbocycles. The summed E-state index contributed by atoms with van der Waals surface area (Å²) in [5.41, 5.74) is 0. The number of hydrogen-bond donors (Lipinski definition) is 1. The fourth-order valence-corrected chi connectivity index (χ4v) is 2.41. The van der Waals surface area contributed by atoms with Crippen LogP contribution < -0.4 is 14.8 Å². The van der Waals surface area contributed by atoms with E-state index in [1.807, 2.05) is 24.3 Å². The summed E-state index contributed by atoms with van der Waals surface area (Å²) in [6, 6.07) is 7.76. The van der Waals surface area contributed by atoms with Crippen LogP contribution in [0.15, 0.2) is 24.3 Å². The molecule has 0 aliphatic carbocycles. The summed E-state index contributed by atoms with van der Waals surface area (Å²) in [4.78, 5) is 0. The van der Waals surface area contributed by atoms with Crippen LogP contribution in [0.2, 0.25) is 0 Å². The monoisotopic (exact) mass is 280 g/mol. The maximum atomic E-state index is 5.71. The van der Waals surface area contributed by atoms with Gasteiger partial charge < -0.3 is 19.5 Å². The number of quaternary nitrogens is 1. The number of nitrogens with two attached hydrogens (primary N) is 1. The smallest absolute Gasteiger partial charge is 0.122 e. The lowest BCUT2D eigenvalue weighted by atomic mass is 10.2. The molecule has 1 saturated heterocycles. The zero-order valence-corrected chi connectivity index (χ0v) is 12.3. The molecule has 0 amide bonds. The summed E-state index contributed by atoms with van der Waals surface area (Å²) in [5.74, 6) is 1.72. The highest BCUT2D eigenvalue weighted by atomic mass is 16.5. The molecular weight excluding hydrogens is 254 g/mol.